The number of amides is 1. The largest absolute Gasteiger partial charge is 0.512 e. The van der Waals surface area contributed by atoms with E-state index in [1.165, 1.54) is 13.8 Å². The van der Waals surface area contributed by atoms with Gasteiger partial charge in [-0.3, -0.25) is 4.57 Å². The lowest BCUT2D eigenvalue weighted by molar-refractivity contribution is -0.162. The van der Waals surface area contributed by atoms with E-state index in [0.29, 0.717) is 36.0 Å². The highest BCUT2D eigenvalue weighted by Gasteiger charge is 2.51. The van der Waals surface area contributed by atoms with E-state index >= 15 is 0 Å². The van der Waals surface area contributed by atoms with Crippen LogP contribution in [0.25, 0.3) is 33.5 Å². The highest BCUT2D eigenvalue weighted by molar-refractivity contribution is 6.02. The van der Waals surface area contributed by atoms with Gasteiger partial charge in [0.1, 0.15) is 12.2 Å². The molecule has 1 amide bonds. The van der Waals surface area contributed by atoms with Crippen molar-refractivity contribution in [3.63, 3.8) is 0 Å². The first kappa shape index (κ1) is 34.4. The number of primary amides is 1. The normalized spacial score (nSPS) is 19.6. The van der Waals surface area contributed by atoms with Gasteiger partial charge < -0.3 is 38.9 Å². The van der Waals surface area contributed by atoms with Crippen LogP contribution in [0.5, 0.6) is 6.01 Å². The second-order valence-corrected chi connectivity index (χ2v) is 12.4. The number of hydrogen-bond acceptors (Lipinski definition) is 14. The Labute approximate surface area is 296 Å². The Balaban J connectivity index is 1.07. The van der Waals surface area contributed by atoms with Crippen LogP contribution in [0.1, 0.15) is 36.7 Å². The number of nitrogens with zero attached hydrogens (tertiary/aromatic N) is 5. The van der Waals surface area contributed by atoms with Gasteiger partial charge in [0.05, 0.1) is 43.0 Å². The first-order valence-electron chi connectivity index (χ1n) is 16.5. The van der Waals surface area contributed by atoms with Gasteiger partial charge in [0.2, 0.25) is 5.82 Å². The molecule has 0 bridgehead atoms. The quantitative estimate of drug-likeness (QED) is 0.112. The van der Waals surface area contributed by atoms with Crippen LogP contribution < -0.4 is 10.5 Å². The number of aromatic nitrogens is 6. The lowest BCUT2D eigenvalue weighted by Crippen LogP contribution is -2.39. The second-order valence-electron chi connectivity index (χ2n) is 12.4. The minimum atomic E-state index is -1.75. The van der Waals surface area contributed by atoms with E-state index in [-0.39, 0.29) is 18.8 Å². The van der Waals surface area contributed by atoms with Crippen LogP contribution >= 0.6 is 0 Å². The predicted octanol–water partition coefficient (Wildman–Crippen LogP) is 4.01. The molecule has 17 nitrogen and oxygen atoms in total. The Bertz CT molecular complexity index is 2080. The number of benzene rings is 3. The summed E-state index contributed by atoms with van der Waals surface area (Å²) in [5.41, 5.74) is 9.91. The SMILES string of the molecule is CCOc1nc2cccc(C(=O)OC(C)(C)OC(=O)O[C@@H]3CO[C@H]4C3OC[C@H]4OC(N)=O)c2n1Cc1ccc(-c2ccccc2-c2nn[nH]n2)cc1. The predicted molar refractivity (Wildman–Crippen MR) is 180 cm³/mol. The number of tetrazole rings is 1. The summed E-state index contributed by atoms with van der Waals surface area (Å²) >= 11 is 0. The van der Waals surface area contributed by atoms with Crippen molar-refractivity contribution in [2.45, 2.75) is 57.5 Å². The molecule has 7 rings (SSSR count). The molecule has 0 saturated carbocycles. The molecule has 1 unspecified atom stereocenters. The van der Waals surface area contributed by atoms with E-state index in [1.54, 1.807) is 22.8 Å². The third-order valence-corrected chi connectivity index (χ3v) is 8.49. The Kier molecular flexibility index (Phi) is 9.44. The van der Waals surface area contributed by atoms with Crippen molar-refractivity contribution in [2.24, 2.45) is 5.73 Å². The summed E-state index contributed by atoms with van der Waals surface area (Å²) in [5, 5.41) is 14.4. The van der Waals surface area contributed by atoms with E-state index in [1.807, 2.05) is 55.5 Å². The van der Waals surface area contributed by atoms with Crippen LogP contribution in [0.4, 0.5) is 9.59 Å². The zero-order chi connectivity index (χ0) is 36.4. The molecule has 0 aliphatic carbocycles. The standard InChI is InChI=1S/C35H35N7O10/c1-4-46-33-37-24-11-7-10-23(31(43)51-35(2,3)52-34(45)50-26-18-48-28-25(49-32(36)44)17-47-29(26)28)27(24)42(33)16-19-12-14-20(15-13-19)21-8-5-6-9-22(21)30-38-40-41-39-30/h5-15,25-26,28-29H,4,16-18H2,1-3H3,(H2,36,44)(H,38,39,40,41)/t25-,26-,28-,29?/m1/s1. The number of carbonyl (C=O) groups excluding carboxylic acids is 3. The topological polar surface area (TPSA) is 214 Å². The van der Waals surface area contributed by atoms with Gasteiger partial charge in [-0.2, -0.15) is 10.2 Å². The van der Waals surface area contributed by atoms with E-state index in [4.69, 9.17) is 38.9 Å². The summed E-state index contributed by atoms with van der Waals surface area (Å²) in [6, 6.07) is 21.1. The van der Waals surface area contributed by atoms with E-state index in [9.17, 15) is 14.4 Å². The average molecular weight is 714 g/mol. The molecule has 2 aromatic heterocycles. The summed E-state index contributed by atoms with van der Waals surface area (Å²) in [7, 11) is 0. The first-order chi connectivity index (χ1) is 25.1. The number of nitrogens with two attached hydrogens (primary N) is 1. The van der Waals surface area contributed by atoms with Crippen molar-refractivity contribution in [1.29, 1.82) is 0 Å². The molecule has 52 heavy (non-hydrogen) atoms. The van der Waals surface area contributed by atoms with Crippen LogP contribution in [0.3, 0.4) is 0 Å². The highest BCUT2D eigenvalue weighted by Crippen LogP contribution is 2.33. The number of rotatable bonds is 11. The maximum absolute atomic E-state index is 13.7. The maximum atomic E-state index is 13.7. The van der Waals surface area contributed by atoms with Gasteiger partial charge in [-0.15, -0.1) is 10.2 Å². The summed E-state index contributed by atoms with van der Waals surface area (Å²) in [6.45, 7) is 5.33. The summed E-state index contributed by atoms with van der Waals surface area (Å²) < 4.78 is 40.5. The zero-order valence-corrected chi connectivity index (χ0v) is 28.4. The fourth-order valence-corrected chi connectivity index (χ4v) is 6.32. The molecule has 17 heteroatoms. The molecule has 2 aliphatic rings. The van der Waals surface area contributed by atoms with Crippen molar-refractivity contribution in [3.8, 4) is 28.5 Å². The van der Waals surface area contributed by atoms with Crippen LogP contribution in [-0.2, 0) is 35.0 Å². The van der Waals surface area contributed by atoms with Gasteiger partial charge in [0.25, 0.3) is 11.8 Å². The number of carbonyl (C=O) groups is 3. The Morgan fingerprint density at radius 1 is 0.923 bits per heavy atom. The molecule has 4 atom stereocenters. The molecule has 270 valence electrons. The van der Waals surface area contributed by atoms with Gasteiger partial charge in [-0.25, -0.2) is 14.4 Å². The number of aromatic amines is 1. The number of esters is 1. The average Bonchev–Trinajstić information content (AvgIpc) is 3.92. The lowest BCUT2D eigenvalue weighted by Gasteiger charge is -2.26. The smallest absolute Gasteiger partial charge is 0.465 e. The summed E-state index contributed by atoms with van der Waals surface area (Å²) in [6.07, 6.45) is -4.99. The van der Waals surface area contributed by atoms with Crippen molar-refractivity contribution in [2.75, 3.05) is 19.8 Å². The zero-order valence-electron chi connectivity index (χ0n) is 28.4. The molecule has 4 heterocycles. The van der Waals surface area contributed by atoms with E-state index in [0.717, 1.165) is 22.3 Å². The van der Waals surface area contributed by atoms with Gasteiger partial charge in [-0.1, -0.05) is 54.6 Å². The molecule has 2 saturated heterocycles. The molecular weight excluding hydrogens is 678 g/mol. The minimum Gasteiger partial charge on any atom is -0.465 e. The van der Waals surface area contributed by atoms with Crippen molar-refractivity contribution in [3.05, 3.63) is 77.9 Å². The molecule has 0 spiro atoms. The Morgan fingerprint density at radius 2 is 1.63 bits per heavy atom. The number of fused-ring (bicyclic) bond motifs is 2. The number of imidazole rings is 1. The molecule has 3 N–H and O–H groups in total. The number of para-hydroxylation sites is 1. The van der Waals surface area contributed by atoms with Crippen molar-refractivity contribution in [1.82, 2.24) is 30.2 Å². The maximum Gasteiger partial charge on any atom is 0.512 e. The summed E-state index contributed by atoms with van der Waals surface area (Å²) in [5.74, 6) is -2.02. The Morgan fingerprint density at radius 3 is 2.31 bits per heavy atom. The van der Waals surface area contributed by atoms with Gasteiger partial charge >= 0.3 is 18.2 Å². The van der Waals surface area contributed by atoms with Crippen LogP contribution in [0.15, 0.2) is 66.7 Å². The highest BCUT2D eigenvalue weighted by atomic mass is 16.8. The summed E-state index contributed by atoms with van der Waals surface area (Å²) in [4.78, 5) is 42.4. The van der Waals surface area contributed by atoms with Crippen LogP contribution in [0.2, 0.25) is 0 Å². The van der Waals surface area contributed by atoms with Crippen LogP contribution in [0, 0.1) is 0 Å². The number of nitrogens with one attached hydrogen (secondary N) is 1. The van der Waals surface area contributed by atoms with Crippen molar-refractivity contribution >= 4 is 29.3 Å². The molecule has 2 aliphatic heterocycles. The molecule has 5 aromatic rings. The minimum absolute atomic E-state index is 0.0201. The van der Waals surface area contributed by atoms with Gasteiger partial charge in [0, 0.05) is 19.4 Å². The third kappa shape index (κ3) is 7.08. The Hall–Kier alpha value is -6.07. The van der Waals surface area contributed by atoms with E-state index in [2.05, 4.69) is 25.6 Å². The molecule has 3 aromatic carbocycles. The molecular formula is C35H35N7O10. The number of ether oxygens (including phenoxy) is 7. The third-order valence-electron chi connectivity index (χ3n) is 8.49. The van der Waals surface area contributed by atoms with E-state index < -0.39 is 48.4 Å². The molecule has 2 fully saturated rings. The van der Waals surface area contributed by atoms with Gasteiger partial charge in [-0.05, 0) is 41.0 Å². The lowest BCUT2D eigenvalue weighted by atomic mass is 9.98. The molecule has 0 radical (unpaired) electrons. The first-order valence-corrected chi connectivity index (χ1v) is 16.5. The fourth-order valence-electron chi connectivity index (χ4n) is 6.32. The number of H-pyrrole nitrogens is 1. The van der Waals surface area contributed by atoms with Crippen molar-refractivity contribution < 1.29 is 47.5 Å². The number of hydrogen-bond donors (Lipinski definition) is 2. The van der Waals surface area contributed by atoms with Gasteiger partial charge in [0.15, 0.2) is 12.2 Å². The second kappa shape index (κ2) is 14.3. The monoisotopic (exact) mass is 713 g/mol. The fraction of sp³-hybridized carbons (Fsp3) is 0.343. The van der Waals surface area contributed by atoms with Crippen LogP contribution in [-0.4, -0.2) is 98.4 Å².